The third-order valence-corrected chi connectivity index (χ3v) is 7.63. The van der Waals surface area contributed by atoms with Crippen LogP contribution in [0.5, 0.6) is 5.75 Å². The number of nitrogens with zero attached hydrogens (tertiary/aromatic N) is 5. The van der Waals surface area contributed by atoms with Crippen molar-refractivity contribution < 1.29 is 17.9 Å². The lowest BCUT2D eigenvalue weighted by Gasteiger charge is -2.23. The van der Waals surface area contributed by atoms with Crippen LogP contribution in [-0.2, 0) is 20.1 Å². The minimum Gasteiger partial charge on any atom is -0.406 e. The number of nitrogens with one attached hydrogen (secondary N) is 1. The Morgan fingerprint density at radius 1 is 1.03 bits per heavy atom. The number of benzene rings is 2. The monoisotopic (exact) mass is 654 g/mol. The van der Waals surface area contributed by atoms with Crippen molar-refractivity contribution in [2.45, 2.75) is 38.7 Å². The summed E-state index contributed by atoms with van der Waals surface area (Å²) in [5.74, 6) is 0.0983. The van der Waals surface area contributed by atoms with E-state index in [0.717, 1.165) is 45.6 Å². The third kappa shape index (κ3) is 5.83. The molecule has 1 fully saturated rings. The van der Waals surface area contributed by atoms with Gasteiger partial charge in [0, 0.05) is 23.7 Å². The van der Waals surface area contributed by atoms with Crippen LogP contribution in [0.2, 0.25) is 0 Å². The molecule has 2 aromatic carbocycles. The van der Waals surface area contributed by atoms with Gasteiger partial charge in [-0.2, -0.15) is 4.98 Å². The number of fused-ring (bicyclic) bond motifs is 1. The van der Waals surface area contributed by atoms with E-state index in [1.165, 1.54) is 29.8 Å². The van der Waals surface area contributed by atoms with Crippen molar-refractivity contribution in [2.24, 2.45) is 7.05 Å². The van der Waals surface area contributed by atoms with Crippen LogP contribution in [0.15, 0.2) is 58.1 Å². The lowest BCUT2D eigenvalue weighted by Crippen LogP contribution is -2.40. The number of aryl methyl sites for hydroxylation is 1. The summed E-state index contributed by atoms with van der Waals surface area (Å²) in [5.41, 5.74) is 3.95. The Hall–Kier alpha value is -3.33. The Kier molecular flexibility index (Phi) is 7.71. The number of halogens is 4. The lowest BCUT2D eigenvalue weighted by molar-refractivity contribution is -0.274. The van der Waals surface area contributed by atoms with Gasteiger partial charge in [-0.25, -0.2) is 10.2 Å². The van der Waals surface area contributed by atoms with Crippen molar-refractivity contribution >= 4 is 39.7 Å². The highest BCUT2D eigenvalue weighted by molar-refractivity contribution is 14.1. The second-order valence-electron chi connectivity index (χ2n) is 9.31. The summed E-state index contributed by atoms with van der Waals surface area (Å²) in [4.78, 5) is 32.0. The van der Waals surface area contributed by atoms with Crippen LogP contribution in [0, 0.1) is 3.57 Å². The number of aromatic nitrogens is 4. The summed E-state index contributed by atoms with van der Waals surface area (Å²) >= 11 is 2.24. The highest BCUT2D eigenvalue weighted by Crippen LogP contribution is 2.25. The van der Waals surface area contributed by atoms with E-state index in [-0.39, 0.29) is 17.7 Å². The number of hydrogen-bond donors (Lipinski definition) is 1. The first kappa shape index (κ1) is 27.2. The zero-order valence-corrected chi connectivity index (χ0v) is 23.2. The summed E-state index contributed by atoms with van der Waals surface area (Å²) in [7, 11) is 1.53. The second kappa shape index (κ2) is 11.0. The van der Waals surface area contributed by atoms with E-state index >= 15 is 0 Å². The van der Waals surface area contributed by atoms with Crippen molar-refractivity contribution in [1.82, 2.24) is 24.1 Å². The van der Waals surface area contributed by atoms with Gasteiger partial charge in [0.05, 0.1) is 13.1 Å². The predicted octanol–water partition coefficient (Wildman–Crippen LogP) is 3.99. The zero-order chi connectivity index (χ0) is 27.7. The molecule has 0 radical (unpaired) electrons. The standard InChI is InChI=1S/C26H26F3IN6O3/c1-33-22-21(23(37)35(25(33)38)15-17-8-7-10-19(14-17)39-26(27,28)29)34(16-18-9-3-4-11-20(18)30)24(32-22)36-13-6-2-5-12-31-36/h3-4,7-11,14,31H,2,5-6,12-13,15-16H2,1H3. The maximum Gasteiger partial charge on any atom is 0.573 e. The van der Waals surface area contributed by atoms with Gasteiger partial charge in [-0.15, -0.1) is 13.2 Å². The normalized spacial score (nSPS) is 14.5. The van der Waals surface area contributed by atoms with Crippen LogP contribution in [0.3, 0.4) is 0 Å². The number of imidazole rings is 1. The number of rotatable bonds is 6. The molecule has 0 bridgehead atoms. The fourth-order valence-electron chi connectivity index (χ4n) is 4.71. The van der Waals surface area contributed by atoms with E-state index in [1.54, 1.807) is 0 Å². The van der Waals surface area contributed by atoms with Gasteiger partial charge in [0.2, 0.25) is 5.95 Å². The van der Waals surface area contributed by atoms with E-state index in [2.05, 4.69) is 32.8 Å². The Labute approximate surface area is 234 Å². The molecule has 0 aliphatic carbocycles. The number of hydrogen-bond acceptors (Lipinski definition) is 6. The molecule has 1 aliphatic heterocycles. The number of ether oxygens (including phenoxy) is 1. The van der Waals surface area contributed by atoms with Crippen molar-refractivity contribution in [3.63, 3.8) is 0 Å². The molecule has 39 heavy (non-hydrogen) atoms. The molecule has 13 heteroatoms. The maximum atomic E-state index is 13.9. The van der Waals surface area contributed by atoms with E-state index in [9.17, 15) is 22.8 Å². The van der Waals surface area contributed by atoms with E-state index in [1.807, 2.05) is 33.8 Å². The van der Waals surface area contributed by atoms with Gasteiger partial charge < -0.3 is 4.74 Å². The average Bonchev–Trinajstić information content (AvgIpc) is 3.05. The van der Waals surface area contributed by atoms with Crippen LogP contribution in [0.25, 0.3) is 11.2 Å². The summed E-state index contributed by atoms with van der Waals surface area (Å²) in [6.07, 6.45) is -1.85. The van der Waals surface area contributed by atoms with Crippen molar-refractivity contribution in [2.75, 3.05) is 18.1 Å². The van der Waals surface area contributed by atoms with Crippen molar-refractivity contribution in [3.05, 3.63) is 84.1 Å². The molecule has 3 heterocycles. The quantitative estimate of drug-likeness (QED) is 0.317. The molecule has 1 aliphatic rings. The molecule has 0 atom stereocenters. The molecule has 0 amide bonds. The summed E-state index contributed by atoms with van der Waals surface area (Å²) < 4.78 is 47.4. The maximum absolute atomic E-state index is 13.9. The number of hydrazine groups is 1. The van der Waals surface area contributed by atoms with Crippen molar-refractivity contribution in [1.29, 1.82) is 0 Å². The van der Waals surface area contributed by atoms with Gasteiger partial charge in [-0.1, -0.05) is 36.8 Å². The first-order valence-electron chi connectivity index (χ1n) is 12.4. The van der Waals surface area contributed by atoms with Crippen LogP contribution in [0.4, 0.5) is 19.1 Å². The summed E-state index contributed by atoms with van der Waals surface area (Å²) in [5, 5.41) is 1.93. The first-order valence-corrected chi connectivity index (χ1v) is 13.5. The summed E-state index contributed by atoms with van der Waals surface area (Å²) in [6.45, 7) is 1.54. The lowest BCUT2D eigenvalue weighted by atomic mass is 10.2. The molecule has 0 saturated carbocycles. The Balaban J connectivity index is 1.66. The second-order valence-corrected chi connectivity index (χ2v) is 10.5. The van der Waals surface area contributed by atoms with Gasteiger partial charge in [-0.3, -0.25) is 23.5 Å². The van der Waals surface area contributed by atoms with E-state index < -0.39 is 23.4 Å². The molecule has 4 aromatic rings. The van der Waals surface area contributed by atoms with Gasteiger partial charge >= 0.3 is 12.1 Å². The number of alkyl halides is 3. The van der Waals surface area contributed by atoms with Crippen LogP contribution >= 0.6 is 22.6 Å². The molecule has 206 valence electrons. The van der Waals surface area contributed by atoms with Crippen LogP contribution in [0.1, 0.15) is 30.4 Å². The molecule has 0 unspecified atom stereocenters. The third-order valence-electron chi connectivity index (χ3n) is 6.57. The SMILES string of the molecule is Cn1c(=O)n(Cc2cccc(OC(F)(F)F)c2)c(=O)c2c1nc(N1CCCCCN1)n2Cc1ccccc1I. The molecule has 9 nitrogen and oxygen atoms in total. The van der Waals surface area contributed by atoms with Gasteiger partial charge in [0.25, 0.3) is 5.56 Å². The fraction of sp³-hybridized carbons (Fsp3) is 0.346. The molecular formula is C26H26F3IN6O3. The fourth-order valence-corrected chi connectivity index (χ4v) is 5.27. The van der Waals surface area contributed by atoms with Crippen molar-refractivity contribution in [3.8, 4) is 5.75 Å². The first-order chi connectivity index (χ1) is 18.6. The van der Waals surface area contributed by atoms with Gasteiger partial charge in [0.1, 0.15) is 5.75 Å². The molecular weight excluding hydrogens is 628 g/mol. The van der Waals surface area contributed by atoms with E-state index in [0.29, 0.717) is 24.6 Å². The average molecular weight is 654 g/mol. The Morgan fingerprint density at radius 2 is 1.82 bits per heavy atom. The zero-order valence-electron chi connectivity index (χ0n) is 21.0. The number of anilines is 1. The molecule has 1 N–H and O–H groups in total. The molecule has 5 rings (SSSR count). The predicted molar refractivity (Wildman–Crippen MR) is 149 cm³/mol. The van der Waals surface area contributed by atoms with Gasteiger partial charge in [-0.05, 0) is 64.8 Å². The Bertz CT molecular complexity index is 1620. The highest BCUT2D eigenvalue weighted by Gasteiger charge is 2.31. The topological polar surface area (TPSA) is 86.3 Å². The molecule has 1 saturated heterocycles. The Morgan fingerprint density at radius 3 is 2.59 bits per heavy atom. The largest absolute Gasteiger partial charge is 0.573 e. The minimum atomic E-state index is -4.86. The van der Waals surface area contributed by atoms with Gasteiger partial charge in [0.15, 0.2) is 11.2 Å². The summed E-state index contributed by atoms with van der Waals surface area (Å²) in [6, 6.07) is 13.1. The van der Waals surface area contributed by atoms with Crippen LogP contribution < -0.4 is 26.4 Å². The molecule has 2 aromatic heterocycles. The minimum absolute atomic E-state index is 0.234. The highest BCUT2D eigenvalue weighted by atomic mass is 127. The smallest absolute Gasteiger partial charge is 0.406 e. The molecule has 0 spiro atoms. The van der Waals surface area contributed by atoms with Crippen LogP contribution in [-0.4, -0.2) is 38.1 Å². The van der Waals surface area contributed by atoms with E-state index in [4.69, 9.17) is 4.98 Å².